The van der Waals surface area contributed by atoms with Crippen LogP contribution in [-0.4, -0.2) is 78.2 Å². The number of carbonyl (C=O) groups is 1. The van der Waals surface area contributed by atoms with Gasteiger partial charge in [-0.2, -0.15) is 0 Å². The van der Waals surface area contributed by atoms with Gasteiger partial charge in [-0.1, -0.05) is 30.9 Å². The number of aliphatic hydroxyl groups excluding tert-OH is 3. The summed E-state index contributed by atoms with van der Waals surface area (Å²) in [6, 6.07) is 10.2. The van der Waals surface area contributed by atoms with Crippen molar-refractivity contribution in [1.29, 1.82) is 0 Å². The summed E-state index contributed by atoms with van der Waals surface area (Å²) in [5.74, 6) is 0.223. The van der Waals surface area contributed by atoms with Gasteiger partial charge in [0.25, 0.3) is 0 Å². The van der Waals surface area contributed by atoms with E-state index in [9.17, 15) is 24.9 Å². The van der Waals surface area contributed by atoms with Gasteiger partial charge >= 0.3 is 5.63 Å². The molecule has 5 atom stereocenters. The molecule has 1 aromatic heterocycles. The highest BCUT2D eigenvalue weighted by atomic mass is 16.5. The molecule has 1 aliphatic rings. The summed E-state index contributed by atoms with van der Waals surface area (Å²) in [4.78, 5) is 28.4. The third-order valence-corrected chi connectivity index (χ3v) is 7.33. The number of likely N-dealkylation sites (N-methyl/N-ethyl adjacent to an activating group) is 1. The first-order valence-electron chi connectivity index (χ1n) is 12.6. The molecule has 39 heavy (non-hydrogen) atoms. The summed E-state index contributed by atoms with van der Waals surface area (Å²) in [5.41, 5.74) is 1.09. The molecule has 3 N–H and O–H groups in total. The zero-order valence-corrected chi connectivity index (χ0v) is 22.2. The van der Waals surface area contributed by atoms with Crippen LogP contribution in [0.1, 0.15) is 34.5 Å². The van der Waals surface area contributed by atoms with Crippen LogP contribution in [0.25, 0.3) is 38.6 Å². The van der Waals surface area contributed by atoms with E-state index in [1.807, 2.05) is 0 Å². The number of aliphatic hydroxyl groups is 3. The first-order chi connectivity index (χ1) is 18.6. The van der Waals surface area contributed by atoms with E-state index in [1.54, 1.807) is 68.4 Å². The highest BCUT2D eigenvalue weighted by Crippen LogP contribution is 2.43. The number of nitrogens with zero attached hydrogens (tertiary/aromatic N) is 1. The SMILES string of the molecule is C=Cc1cc(OC)c2c(c1)c(=O)oc1c3cccc(C(=O)CN(C)C)c3c([C@@H]3O[C@@H](C)[C@H](O)[C@@H](O)[C@H]3O)cc12. The van der Waals surface area contributed by atoms with Crippen LogP contribution >= 0.6 is 0 Å². The average Bonchev–Trinajstić information content (AvgIpc) is 2.92. The Kier molecular flexibility index (Phi) is 7.04. The predicted octanol–water partition coefficient (Wildman–Crippen LogP) is 3.04. The molecule has 5 rings (SSSR count). The third-order valence-electron chi connectivity index (χ3n) is 7.33. The molecule has 1 aliphatic heterocycles. The molecule has 204 valence electrons. The van der Waals surface area contributed by atoms with Crippen molar-refractivity contribution in [1.82, 2.24) is 4.90 Å². The fourth-order valence-corrected chi connectivity index (χ4v) is 5.43. The van der Waals surface area contributed by atoms with Crippen molar-refractivity contribution in [2.75, 3.05) is 27.7 Å². The topological polar surface area (TPSA) is 130 Å². The van der Waals surface area contributed by atoms with E-state index in [-0.39, 0.29) is 23.3 Å². The zero-order chi connectivity index (χ0) is 28.2. The molecule has 0 bridgehead atoms. The van der Waals surface area contributed by atoms with Crippen molar-refractivity contribution >= 4 is 44.4 Å². The van der Waals surface area contributed by atoms with Gasteiger partial charge in [-0.25, -0.2) is 4.79 Å². The number of rotatable bonds is 6. The predicted molar refractivity (Wildman–Crippen MR) is 148 cm³/mol. The minimum Gasteiger partial charge on any atom is -0.496 e. The Morgan fingerprint density at radius 1 is 1.05 bits per heavy atom. The lowest BCUT2D eigenvalue weighted by molar-refractivity contribution is -0.219. The molecule has 1 saturated heterocycles. The minimum absolute atomic E-state index is 0.113. The van der Waals surface area contributed by atoms with Crippen molar-refractivity contribution in [2.45, 2.75) is 37.4 Å². The van der Waals surface area contributed by atoms with Crippen molar-refractivity contribution in [3.05, 3.63) is 70.1 Å². The van der Waals surface area contributed by atoms with E-state index in [1.165, 1.54) is 7.11 Å². The lowest BCUT2D eigenvalue weighted by atomic mass is 9.85. The second-order valence-electron chi connectivity index (χ2n) is 10.2. The van der Waals surface area contributed by atoms with Crippen LogP contribution in [0.4, 0.5) is 0 Å². The van der Waals surface area contributed by atoms with Gasteiger partial charge in [-0.3, -0.25) is 4.79 Å². The maximum absolute atomic E-state index is 13.4. The van der Waals surface area contributed by atoms with Crippen molar-refractivity contribution < 1.29 is 34.0 Å². The lowest BCUT2D eigenvalue weighted by Crippen LogP contribution is -2.53. The van der Waals surface area contributed by atoms with E-state index < -0.39 is 36.1 Å². The number of fused-ring (bicyclic) bond motifs is 5. The van der Waals surface area contributed by atoms with Crippen LogP contribution in [-0.2, 0) is 4.74 Å². The second kappa shape index (κ2) is 10.2. The van der Waals surface area contributed by atoms with Crippen LogP contribution in [0.15, 0.2) is 52.2 Å². The quantitative estimate of drug-likeness (QED) is 0.195. The lowest BCUT2D eigenvalue weighted by Gasteiger charge is -2.40. The molecule has 3 aromatic carbocycles. The number of methoxy groups -OCH3 is 1. The highest BCUT2D eigenvalue weighted by Gasteiger charge is 2.43. The van der Waals surface area contributed by atoms with E-state index in [0.717, 1.165) is 0 Å². The van der Waals surface area contributed by atoms with E-state index in [0.29, 0.717) is 44.0 Å². The molecule has 0 unspecified atom stereocenters. The van der Waals surface area contributed by atoms with Gasteiger partial charge in [0.15, 0.2) is 5.78 Å². The summed E-state index contributed by atoms with van der Waals surface area (Å²) in [5, 5.41) is 34.2. The van der Waals surface area contributed by atoms with E-state index >= 15 is 0 Å². The average molecular weight is 534 g/mol. The summed E-state index contributed by atoms with van der Waals surface area (Å²) in [6.45, 7) is 5.50. The van der Waals surface area contributed by atoms with E-state index in [2.05, 4.69) is 6.58 Å². The smallest absolute Gasteiger partial charge is 0.344 e. The molecular formula is C30H31NO8. The Balaban J connectivity index is 1.96. The highest BCUT2D eigenvalue weighted by molar-refractivity contribution is 6.21. The maximum atomic E-state index is 13.4. The van der Waals surface area contributed by atoms with Gasteiger partial charge in [-0.05, 0) is 50.3 Å². The molecule has 0 radical (unpaired) electrons. The Labute approximate surface area is 224 Å². The van der Waals surface area contributed by atoms with Crippen LogP contribution < -0.4 is 10.4 Å². The van der Waals surface area contributed by atoms with Crippen LogP contribution in [0, 0.1) is 0 Å². The van der Waals surface area contributed by atoms with Gasteiger partial charge in [0, 0.05) is 27.1 Å². The fraction of sp³-hybridized carbons (Fsp3) is 0.333. The maximum Gasteiger partial charge on any atom is 0.344 e. The molecule has 0 amide bonds. The number of ether oxygens (including phenoxy) is 2. The monoisotopic (exact) mass is 533 g/mol. The summed E-state index contributed by atoms with van der Waals surface area (Å²) in [7, 11) is 5.05. The number of Topliss-reactive ketones (excluding diaryl/α,β-unsaturated/α-hetero) is 1. The third kappa shape index (κ3) is 4.42. The second-order valence-corrected chi connectivity index (χ2v) is 10.2. The molecule has 0 spiro atoms. The summed E-state index contributed by atoms with van der Waals surface area (Å²) in [6.07, 6.45) is -4.58. The molecule has 0 aliphatic carbocycles. The standard InChI is InChI=1S/C30H31NO8/c1-6-15-10-20-24(22(11-15)37-5)19-12-18(29-27(35)26(34)25(33)14(2)38-29)23-16(21(32)13-31(3)4)8-7-9-17(23)28(19)39-30(20)36/h6-12,14,25-27,29,33-35H,1,13H2,2-5H3/t14-,25-,26+,27+,29-/m0/s1. The zero-order valence-electron chi connectivity index (χ0n) is 22.2. The Bertz CT molecular complexity index is 1670. The first-order valence-corrected chi connectivity index (χ1v) is 12.6. The number of benzene rings is 3. The summed E-state index contributed by atoms with van der Waals surface area (Å²) >= 11 is 0. The Hall–Kier alpha value is -3.60. The van der Waals surface area contributed by atoms with Crippen molar-refractivity contribution in [2.24, 2.45) is 0 Å². The number of hydrogen-bond donors (Lipinski definition) is 3. The van der Waals surface area contributed by atoms with Crippen molar-refractivity contribution in [3.63, 3.8) is 0 Å². The van der Waals surface area contributed by atoms with Gasteiger partial charge < -0.3 is 34.1 Å². The van der Waals surface area contributed by atoms with Gasteiger partial charge in [0.05, 0.1) is 25.1 Å². The molecule has 9 heteroatoms. The van der Waals surface area contributed by atoms with Crippen molar-refractivity contribution in [3.8, 4) is 5.75 Å². The number of ketones is 1. The fourth-order valence-electron chi connectivity index (χ4n) is 5.43. The number of carbonyl (C=O) groups excluding carboxylic acids is 1. The van der Waals surface area contributed by atoms with Crippen LogP contribution in [0.2, 0.25) is 0 Å². The minimum atomic E-state index is -1.50. The Morgan fingerprint density at radius 2 is 1.79 bits per heavy atom. The summed E-state index contributed by atoms with van der Waals surface area (Å²) < 4.78 is 17.6. The van der Waals surface area contributed by atoms with Gasteiger partial charge in [-0.15, -0.1) is 0 Å². The number of hydrogen-bond acceptors (Lipinski definition) is 9. The van der Waals surface area contributed by atoms with Crippen LogP contribution in [0.3, 0.4) is 0 Å². The first kappa shape index (κ1) is 27.0. The van der Waals surface area contributed by atoms with Gasteiger partial charge in [0.2, 0.25) is 0 Å². The molecule has 1 fully saturated rings. The molecular weight excluding hydrogens is 502 g/mol. The molecule has 4 aromatic rings. The largest absolute Gasteiger partial charge is 0.496 e. The molecule has 9 nitrogen and oxygen atoms in total. The van der Waals surface area contributed by atoms with Crippen LogP contribution in [0.5, 0.6) is 5.75 Å². The normalized spacial score (nSPS) is 23.5. The van der Waals surface area contributed by atoms with E-state index in [4.69, 9.17) is 13.9 Å². The molecule has 0 saturated carbocycles. The molecule has 2 heterocycles. The Morgan fingerprint density at radius 3 is 2.46 bits per heavy atom. The van der Waals surface area contributed by atoms with Gasteiger partial charge in [0.1, 0.15) is 35.7 Å².